The first-order chi connectivity index (χ1) is 9.03. The van der Waals surface area contributed by atoms with Crippen LogP contribution in [0.3, 0.4) is 0 Å². The molecule has 1 saturated heterocycles. The SMILES string of the molecule is O=S(=O)(NC1CCCSC1)c1ccc(F)c(CO)c1. The highest BCUT2D eigenvalue weighted by atomic mass is 32.2. The van der Waals surface area contributed by atoms with Crippen LogP contribution in [0.4, 0.5) is 4.39 Å². The van der Waals surface area contributed by atoms with E-state index in [0.717, 1.165) is 30.4 Å². The molecule has 19 heavy (non-hydrogen) atoms. The van der Waals surface area contributed by atoms with E-state index in [1.165, 1.54) is 12.1 Å². The summed E-state index contributed by atoms with van der Waals surface area (Å²) in [4.78, 5) is -0.00600. The number of sulfonamides is 1. The van der Waals surface area contributed by atoms with E-state index < -0.39 is 22.4 Å². The van der Waals surface area contributed by atoms with Gasteiger partial charge in [-0.2, -0.15) is 11.8 Å². The van der Waals surface area contributed by atoms with Gasteiger partial charge in [0, 0.05) is 17.4 Å². The summed E-state index contributed by atoms with van der Waals surface area (Å²) >= 11 is 1.72. The van der Waals surface area contributed by atoms with Crippen LogP contribution >= 0.6 is 11.8 Å². The van der Waals surface area contributed by atoms with Crippen molar-refractivity contribution in [3.63, 3.8) is 0 Å². The molecule has 0 bridgehead atoms. The lowest BCUT2D eigenvalue weighted by molar-refractivity contribution is 0.275. The van der Waals surface area contributed by atoms with Gasteiger partial charge in [-0.25, -0.2) is 17.5 Å². The predicted octanol–water partition coefficient (Wildman–Crippen LogP) is 1.49. The molecule has 1 heterocycles. The highest BCUT2D eigenvalue weighted by Gasteiger charge is 2.22. The lowest BCUT2D eigenvalue weighted by atomic mass is 10.2. The number of nitrogens with one attached hydrogen (secondary N) is 1. The zero-order valence-electron chi connectivity index (χ0n) is 10.3. The Hall–Kier alpha value is -0.630. The van der Waals surface area contributed by atoms with Crippen molar-refractivity contribution in [1.82, 2.24) is 4.72 Å². The Morgan fingerprint density at radius 3 is 2.89 bits per heavy atom. The van der Waals surface area contributed by atoms with Crippen molar-refractivity contribution < 1.29 is 17.9 Å². The average Bonchev–Trinajstić information content (AvgIpc) is 2.39. The first kappa shape index (κ1) is 14.8. The van der Waals surface area contributed by atoms with Crippen LogP contribution in [0.2, 0.25) is 0 Å². The van der Waals surface area contributed by atoms with Crippen LogP contribution < -0.4 is 4.72 Å². The minimum absolute atomic E-state index is 0.00600. The number of hydrogen-bond donors (Lipinski definition) is 2. The van der Waals surface area contributed by atoms with Crippen LogP contribution in [0.5, 0.6) is 0 Å². The lowest BCUT2D eigenvalue weighted by Crippen LogP contribution is -2.38. The van der Waals surface area contributed by atoms with Gasteiger partial charge in [-0.05, 0) is 36.8 Å². The maximum atomic E-state index is 13.2. The number of aliphatic hydroxyl groups excluding tert-OH is 1. The fraction of sp³-hybridized carbons (Fsp3) is 0.500. The molecule has 0 radical (unpaired) electrons. The van der Waals surface area contributed by atoms with Gasteiger partial charge in [0.05, 0.1) is 11.5 Å². The van der Waals surface area contributed by atoms with E-state index in [4.69, 9.17) is 5.11 Å². The largest absolute Gasteiger partial charge is 0.392 e. The molecule has 0 aromatic heterocycles. The van der Waals surface area contributed by atoms with Gasteiger partial charge >= 0.3 is 0 Å². The van der Waals surface area contributed by atoms with E-state index in [1.807, 2.05) is 0 Å². The van der Waals surface area contributed by atoms with Crippen LogP contribution in [-0.2, 0) is 16.6 Å². The number of aliphatic hydroxyl groups is 1. The summed E-state index contributed by atoms with van der Waals surface area (Å²) in [5.74, 6) is 1.21. The molecule has 1 aliphatic rings. The molecule has 106 valence electrons. The predicted molar refractivity (Wildman–Crippen MR) is 73.0 cm³/mol. The summed E-state index contributed by atoms with van der Waals surface area (Å²) in [5.41, 5.74) is -0.0131. The summed E-state index contributed by atoms with van der Waals surface area (Å²) in [5, 5.41) is 8.97. The van der Waals surface area contributed by atoms with Gasteiger partial charge in [0.2, 0.25) is 10.0 Å². The van der Waals surface area contributed by atoms with Gasteiger partial charge in [-0.1, -0.05) is 0 Å². The van der Waals surface area contributed by atoms with Crippen LogP contribution in [0, 0.1) is 5.82 Å². The Balaban J connectivity index is 2.18. The van der Waals surface area contributed by atoms with Crippen molar-refractivity contribution in [2.45, 2.75) is 30.4 Å². The second-order valence-corrected chi connectivity index (χ2v) is 7.31. The highest BCUT2D eigenvalue weighted by molar-refractivity contribution is 7.99. The Labute approximate surface area is 116 Å². The number of halogens is 1. The number of thioether (sulfide) groups is 1. The smallest absolute Gasteiger partial charge is 0.240 e. The number of rotatable bonds is 4. The van der Waals surface area contributed by atoms with Gasteiger partial charge in [-0.15, -0.1) is 0 Å². The van der Waals surface area contributed by atoms with E-state index in [-0.39, 0.29) is 16.5 Å². The zero-order valence-corrected chi connectivity index (χ0v) is 11.9. The number of benzene rings is 1. The minimum Gasteiger partial charge on any atom is -0.392 e. The molecule has 1 aromatic carbocycles. The molecule has 0 amide bonds. The Morgan fingerprint density at radius 1 is 1.47 bits per heavy atom. The number of hydrogen-bond acceptors (Lipinski definition) is 4. The maximum absolute atomic E-state index is 13.2. The van der Waals surface area contributed by atoms with Crippen LogP contribution in [0.1, 0.15) is 18.4 Å². The molecule has 7 heteroatoms. The molecule has 1 fully saturated rings. The molecule has 0 saturated carbocycles. The molecule has 1 aromatic rings. The van der Waals surface area contributed by atoms with Gasteiger partial charge < -0.3 is 5.11 Å². The second kappa shape index (κ2) is 6.21. The van der Waals surface area contributed by atoms with Gasteiger partial charge in [0.1, 0.15) is 5.82 Å². The van der Waals surface area contributed by atoms with Crippen molar-refractivity contribution in [2.75, 3.05) is 11.5 Å². The van der Waals surface area contributed by atoms with E-state index in [0.29, 0.717) is 0 Å². The first-order valence-corrected chi connectivity index (χ1v) is 8.66. The van der Waals surface area contributed by atoms with E-state index in [9.17, 15) is 12.8 Å². The fourth-order valence-corrected chi connectivity index (χ4v) is 4.46. The summed E-state index contributed by atoms with van der Waals surface area (Å²) in [7, 11) is -3.65. The van der Waals surface area contributed by atoms with Crippen molar-refractivity contribution >= 4 is 21.8 Å². The molecule has 1 aliphatic heterocycles. The molecule has 2 N–H and O–H groups in total. The molecule has 1 unspecified atom stereocenters. The van der Waals surface area contributed by atoms with E-state index >= 15 is 0 Å². The molecule has 0 aliphatic carbocycles. The van der Waals surface area contributed by atoms with Crippen molar-refractivity contribution in [2.24, 2.45) is 0 Å². The van der Waals surface area contributed by atoms with Crippen LogP contribution in [0.25, 0.3) is 0 Å². The fourth-order valence-electron chi connectivity index (χ4n) is 1.96. The summed E-state index contributed by atoms with van der Waals surface area (Å²) in [6, 6.07) is 3.38. The summed E-state index contributed by atoms with van der Waals surface area (Å²) < 4.78 is 40.2. The Kier molecular flexibility index (Phi) is 4.83. The van der Waals surface area contributed by atoms with E-state index in [1.54, 1.807) is 11.8 Å². The molecule has 4 nitrogen and oxygen atoms in total. The highest BCUT2D eigenvalue weighted by Crippen LogP contribution is 2.20. The zero-order chi connectivity index (χ0) is 13.9. The molecule has 2 rings (SSSR count). The van der Waals surface area contributed by atoms with Gasteiger partial charge in [0.15, 0.2) is 0 Å². The third kappa shape index (κ3) is 3.68. The average molecular weight is 305 g/mol. The summed E-state index contributed by atoms with van der Waals surface area (Å²) in [6.45, 7) is -0.519. The topological polar surface area (TPSA) is 66.4 Å². The quantitative estimate of drug-likeness (QED) is 0.884. The van der Waals surface area contributed by atoms with Crippen molar-refractivity contribution in [3.8, 4) is 0 Å². The van der Waals surface area contributed by atoms with Crippen LogP contribution in [-0.4, -0.2) is 31.1 Å². The first-order valence-electron chi connectivity index (χ1n) is 6.02. The molecular formula is C12H16FNO3S2. The molecular weight excluding hydrogens is 289 g/mol. The monoisotopic (exact) mass is 305 g/mol. The van der Waals surface area contributed by atoms with Gasteiger partial charge in [-0.3, -0.25) is 0 Å². The Morgan fingerprint density at radius 2 is 2.26 bits per heavy atom. The van der Waals surface area contributed by atoms with Crippen molar-refractivity contribution in [3.05, 3.63) is 29.6 Å². The molecule has 1 atom stereocenters. The van der Waals surface area contributed by atoms with Crippen LogP contribution in [0.15, 0.2) is 23.1 Å². The second-order valence-electron chi connectivity index (χ2n) is 4.45. The maximum Gasteiger partial charge on any atom is 0.240 e. The van der Waals surface area contributed by atoms with E-state index in [2.05, 4.69) is 4.72 Å². The summed E-state index contributed by atoms with van der Waals surface area (Å²) in [6.07, 6.45) is 1.81. The molecule has 0 spiro atoms. The normalized spacial score (nSPS) is 20.4. The van der Waals surface area contributed by atoms with Gasteiger partial charge in [0.25, 0.3) is 0 Å². The standard InChI is InChI=1S/C12H16FNO3S2/c13-12-4-3-11(6-9(12)7-15)19(16,17)14-10-2-1-5-18-8-10/h3-4,6,10,14-15H,1-2,5,7-8H2. The Bertz CT molecular complexity index is 542. The third-order valence-corrected chi connectivity index (χ3v) is 5.71. The van der Waals surface area contributed by atoms with Crippen molar-refractivity contribution in [1.29, 1.82) is 0 Å². The minimum atomic E-state index is -3.65. The third-order valence-electron chi connectivity index (χ3n) is 2.98. The lowest BCUT2D eigenvalue weighted by Gasteiger charge is -2.22.